The zero-order valence-electron chi connectivity index (χ0n) is 12.6. The van der Waals surface area contributed by atoms with Crippen molar-refractivity contribution >= 4 is 0 Å². The summed E-state index contributed by atoms with van der Waals surface area (Å²) in [5.74, 6) is 1.60. The standard InChI is InChI=1S/C16H24N2O3/c1-2-18(9-13-4-3-7-19-13)10-14(17)12-5-6-15-16(8-12)21-11-20-15/h5-6,8,13-14H,2-4,7,9-11,17H2,1H3. The van der Waals surface area contributed by atoms with Crippen LogP contribution < -0.4 is 15.2 Å². The molecule has 0 aromatic heterocycles. The first kappa shape index (κ1) is 14.6. The number of ether oxygens (including phenoxy) is 3. The van der Waals surface area contributed by atoms with Crippen LogP contribution in [0.3, 0.4) is 0 Å². The molecule has 0 radical (unpaired) electrons. The molecule has 2 N–H and O–H groups in total. The first-order chi connectivity index (χ1) is 10.3. The summed E-state index contributed by atoms with van der Waals surface area (Å²) in [6.07, 6.45) is 2.71. The maximum Gasteiger partial charge on any atom is 0.231 e. The van der Waals surface area contributed by atoms with Crippen LogP contribution in [-0.4, -0.2) is 44.0 Å². The van der Waals surface area contributed by atoms with Gasteiger partial charge in [0, 0.05) is 25.7 Å². The molecule has 2 aliphatic rings. The van der Waals surface area contributed by atoms with E-state index >= 15 is 0 Å². The number of likely N-dealkylation sites (N-methyl/N-ethyl adjacent to an activating group) is 1. The zero-order chi connectivity index (χ0) is 14.7. The van der Waals surface area contributed by atoms with Crippen molar-refractivity contribution in [3.8, 4) is 11.5 Å². The van der Waals surface area contributed by atoms with Crippen LogP contribution in [0.4, 0.5) is 0 Å². The summed E-state index contributed by atoms with van der Waals surface area (Å²) >= 11 is 0. The molecule has 1 saturated heterocycles. The monoisotopic (exact) mass is 292 g/mol. The second kappa shape index (κ2) is 6.64. The molecule has 3 rings (SSSR count). The van der Waals surface area contributed by atoms with Gasteiger partial charge < -0.3 is 19.9 Å². The molecule has 1 fully saturated rings. The number of hydrogen-bond donors (Lipinski definition) is 1. The molecule has 1 aromatic rings. The summed E-state index contributed by atoms with van der Waals surface area (Å²) in [4.78, 5) is 2.37. The van der Waals surface area contributed by atoms with Crippen molar-refractivity contribution < 1.29 is 14.2 Å². The smallest absolute Gasteiger partial charge is 0.231 e. The molecule has 0 spiro atoms. The topological polar surface area (TPSA) is 57.0 Å². The van der Waals surface area contributed by atoms with Gasteiger partial charge in [-0.25, -0.2) is 0 Å². The van der Waals surface area contributed by atoms with Crippen molar-refractivity contribution in [2.45, 2.75) is 31.9 Å². The molecule has 2 atom stereocenters. The second-order valence-electron chi connectivity index (χ2n) is 5.71. The summed E-state index contributed by atoms with van der Waals surface area (Å²) in [6, 6.07) is 5.93. The zero-order valence-corrected chi connectivity index (χ0v) is 12.6. The summed E-state index contributed by atoms with van der Waals surface area (Å²) in [7, 11) is 0. The van der Waals surface area contributed by atoms with Gasteiger partial charge in [0.1, 0.15) is 0 Å². The Balaban J connectivity index is 1.59. The molecule has 0 amide bonds. The summed E-state index contributed by atoms with van der Waals surface area (Å²) in [6.45, 7) is 6.15. The third-order valence-corrected chi connectivity index (χ3v) is 4.21. The number of rotatable bonds is 6. The Bertz CT molecular complexity index is 475. The van der Waals surface area contributed by atoms with Gasteiger partial charge in [-0.15, -0.1) is 0 Å². The van der Waals surface area contributed by atoms with Crippen LogP contribution in [0.1, 0.15) is 31.4 Å². The van der Waals surface area contributed by atoms with E-state index in [1.165, 1.54) is 6.42 Å². The maximum absolute atomic E-state index is 6.36. The Morgan fingerprint density at radius 3 is 2.95 bits per heavy atom. The average Bonchev–Trinajstić information content (AvgIpc) is 3.16. The van der Waals surface area contributed by atoms with Gasteiger partial charge in [0.05, 0.1) is 6.10 Å². The molecular weight excluding hydrogens is 268 g/mol. The predicted octanol–water partition coefficient (Wildman–Crippen LogP) is 1.92. The molecular formula is C16H24N2O3. The molecule has 2 aliphatic heterocycles. The van der Waals surface area contributed by atoms with E-state index in [4.69, 9.17) is 19.9 Å². The minimum atomic E-state index is -0.0270. The van der Waals surface area contributed by atoms with Gasteiger partial charge >= 0.3 is 0 Å². The third-order valence-electron chi connectivity index (χ3n) is 4.21. The lowest BCUT2D eigenvalue weighted by molar-refractivity contribution is 0.0729. The normalized spacial score (nSPS) is 22.0. The van der Waals surface area contributed by atoms with Crippen LogP contribution in [0, 0.1) is 0 Å². The van der Waals surface area contributed by atoms with Crippen molar-refractivity contribution in [3.63, 3.8) is 0 Å². The highest BCUT2D eigenvalue weighted by Gasteiger charge is 2.21. The largest absolute Gasteiger partial charge is 0.454 e. The molecule has 21 heavy (non-hydrogen) atoms. The maximum atomic E-state index is 6.36. The van der Waals surface area contributed by atoms with Crippen LogP contribution in [-0.2, 0) is 4.74 Å². The van der Waals surface area contributed by atoms with E-state index in [2.05, 4.69) is 11.8 Å². The Labute approximate surface area is 126 Å². The highest BCUT2D eigenvalue weighted by molar-refractivity contribution is 5.45. The minimum absolute atomic E-state index is 0.0270. The van der Waals surface area contributed by atoms with Crippen LogP contribution in [0.5, 0.6) is 11.5 Å². The van der Waals surface area contributed by atoms with Gasteiger partial charge in [0.15, 0.2) is 11.5 Å². The number of nitrogens with two attached hydrogens (primary N) is 1. The Kier molecular flexibility index (Phi) is 4.63. The Morgan fingerprint density at radius 2 is 2.19 bits per heavy atom. The van der Waals surface area contributed by atoms with Gasteiger partial charge in [0.2, 0.25) is 6.79 Å². The fraction of sp³-hybridized carbons (Fsp3) is 0.625. The van der Waals surface area contributed by atoms with Gasteiger partial charge in [-0.05, 0) is 37.1 Å². The van der Waals surface area contributed by atoms with Crippen molar-refractivity contribution in [2.24, 2.45) is 5.73 Å². The highest BCUT2D eigenvalue weighted by atomic mass is 16.7. The van der Waals surface area contributed by atoms with Crippen molar-refractivity contribution in [2.75, 3.05) is 33.0 Å². The average molecular weight is 292 g/mol. The molecule has 116 valence electrons. The van der Waals surface area contributed by atoms with Gasteiger partial charge in [-0.1, -0.05) is 13.0 Å². The van der Waals surface area contributed by atoms with E-state index in [1.54, 1.807) is 0 Å². The molecule has 0 bridgehead atoms. The van der Waals surface area contributed by atoms with E-state index < -0.39 is 0 Å². The lowest BCUT2D eigenvalue weighted by Crippen LogP contribution is -2.37. The first-order valence-corrected chi connectivity index (χ1v) is 7.75. The van der Waals surface area contributed by atoms with Crippen molar-refractivity contribution in [1.82, 2.24) is 4.90 Å². The van der Waals surface area contributed by atoms with Crippen LogP contribution in [0.2, 0.25) is 0 Å². The van der Waals surface area contributed by atoms with Gasteiger partial charge in [0.25, 0.3) is 0 Å². The Morgan fingerprint density at radius 1 is 1.33 bits per heavy atom. The summed E-state index contributed by atoms with van der Waals surface area (Å²) < 4.78 is 16.5. The van der Waals surface area contributed by atoms with E-state index in [0.717, 1.165) is 49.7 Å². The predicted molar refractivity (Wildman–Crippen MR) is 80.6 cm³/mol. The molecule has 5 heteroatoms. The van der Waals surface area contributed by atoms with E-state index in [1.807, 2.05) is 18.2 Å². The molecule has 2 unspecified atom stereocenters. The lowest BCUT2D eigenvalue weighted by atomic mass is 10.1. The number of fused-ring (bicyclic) bond motifs is 1. The van der Waals surface area contributed by atoms with E-state index in [9.17, 15) is 0 Å². The van der Waals surface area contributed by atoms with Gasteiger partial charge in [-0.3, -0.25) is 4.90 Å². The third kappa shape index (κ3) is 3.48. The number of nitrogens with zero attached hydrogens (tertiary/aromatic N) is 1. The van der Waals surface area contributed by atoms with Crippen molar-refractivity contribution in [3.05, 3.63) is 23.8 Å². The van der Waals surface area contributed by atoms with Gasteiger partial charge in [-0.2, -0.15) is 0 Å². The van der Waals surface area contributed by atoms with Crippen LogP contribution in [0.25, 0.3) is 0 Å². The number of benzene rings is 1. The van der Waals surface area contributed by atoms with Crippen molar-refractivity contribution in [1.29, 1.82) is 0 Å². The lowest BCUT2D eigenvalue weighted by Gasteiger charge is -2.26. The Hall–Kier alpha value is -1.30. The first-order valence-electron chi connectivity index (χ1n) is 7.75. The summed E-state index contributed by atoms with van der Waals surface area (Å²) in [5, 5.41) is 0. The van der Waals surface area contributed by atoms with Crippen LogP contribution >= 0.6 is 0 Å². The fourth-order valence-electron chi connectivity index (χ4n) is 2.94. The highest BCUT2D eigenvalue weighted by Crippen LogP contribution is 2.34. The molecule has 0 aliphatic carbocycles. The fourth-order valence-corrected chi connectivity index (χ4v) is 2.94. The molecule has 2 heterocycles. The SMILES string of the molecule is CCN(CC1CCCO1)CC(N)c1ccc2c(c1)OCO2. The molecule has 0 saturated carbocycles. The summed E-state index contributed by atoms with van der Waals surface area (Å²) in [5.41, 5.74) is 7.45. The quantitative estimate of drug-likeness (QED) is 0.868. The van der Waals surface area contributed by atoms with Crippen LogP contribution in [0.15, 0.2) is 18.2 Å². The minimum Gasteiger partial charge on any atom is -0.454 e. The molecule has 1 aromatic carbocycles. The van der Waals surface area contributed by atoms with E-state index in [-0.39, 0.29) is 6.04 Å². The second-order valence-corrected chi connectivity index (χ2v) is 5.71. The number of hydrogen-bond acceptors (Lipinski definition) is 5. The molecule has 5 nitrogen and oxygen atoms in total. The van der Waals surface area contributed by atoms with E-state index in [0.29, 0.717) is 12.9 Å².